The topological polar surface area (TPSA) is 97.6 Å². The summed E-state index contributed by atoms with van der Waals surface area (Å²) in [7, 11) is -3.35. The van der Waals surface area contributed by atoms with E-state index in [4.69, 9.17) is 0 Å². The largest absolute Gasteiger partial charge is 0.300 e. The van der Waals surface area contributed by atoms with Gasteiger partial charge in [0, 0.05) is 28.8 Å². The van der Waals surface area contributed by atoms with Gasteiger partial charge in [0.2, 0.25) is 0 Å². The van der Waals surface area contributed by atoms with E-state index >= 15 is 0 Å². The minimum absolute atomic E-state index is 0.119. The van der Waals surface area contributed by atoms with Crippen molar-refractivity contribution in [3.63, 3.8) is 0 Å². The van der Waals surface area contributed by atoms with Gasteiger partial charge < -0.3 is 4.90 Å². The second-order valence-electron chi connectivity index (χ2n) is 5.54. The van der Waals surface area contributed by atoms with Gasteiger partial charge in [-0.1, -0.05) is 18.2 Å². The molecule has 2 aromatic rings. The summed E-state index contributed by atoms with van der Waals surface area (Å²) >= 11 is 0. The Bertz CT molecular complexity index is 937. The average Bonchev–Trinajstić information content (AvgIpc) is 2.95. The van der Waals surface area contributed by atoms with Gasteiger partial charge in [-0.2, -0.15) is 0 Å². The molecule has 2 aromatic carbocycles. The molecule has 128 valence electrons. The number of sulfone groups is 1. The van der Waals surface area contributed by atoms with Crippen LogP contribution in [0.5, 0.6) is 0 Å². The summed E-state index contributed by atoms with van der Waals surface area (Å²) in [5, 5.41) is 11.9. The Kier molecular flexibility index (Phi) is 4.37. The number of carbonyl (C=O) groups excluding carboxylic acids is 1. The third-order valence-corrected chi connectivity index (χ3v) is 5.20. The van der Waals surface area contributed by atoms with Crippen molar-refractivity contribution in [2.75, 3.05) is 10.7 Å². The molecule has 0 saturated heterocycles. The number of benzene rings is 2. The van der Waals surface area contributed by atoms with Crippen molar-refractivity contribution in [3.05, 3.63) is 81.8 Å². The third kappa shape index (κ3) is 3.58. The molecule has 7 nitrogen and oxygen atoms in total. The second-order valence-corrected chi connectivity index (χ2v) is 7.47. The van der Waals surface area contributed by atoms with Gasteiger partial charge in [-0.15, -0.1) is 0 Å². The Labute approximate surface area is 144 Å². The molecule has 0 N–H and O–H groups in total. The standard InChI is InChI=1S/C17H14N2O5S/c20-17(13-6-8-15(9-7-13)19(21)22)18(14-4-2-1-3-5-14)16-10-11-25(23,24)12-16/h1-11,16H,12H2/t16-/m0/s1. The highest BCUT2D eigenvalue weighted by Crippen LogP contribution is 2.25. The Morgan fingerprint density at radius 3 is 2.24 bits per heavy atom. The van der Waals surface area contributed by atoms with Gasteiger partial charge in [0.05, 0.1) is 16.7 Å². The zero-order valence-corrected chi connectivity index (χ0v) is 13.8. The van der Waals surface area contributed by atoms with E-state index in [1.165, 1.54) is 35.2 Å². The van der Waals surface area contributed by atoms with Crippen molar-refractivity contribution in [1.82, 2.24) is 0 Å². The number of amides is 1. The molecule has 8 heteroatoms. The van der Waals surface area contributed by atoms with Crippen LogP contribution in [0.1, 0.15) is 10.4 Å². The zero-order chi connectivity index (χ0) is 18.0. The molecule has 1 aliphatic heterocycles. The molecule has 0 unspecified atom stereocenters. The van der Waals surface area contributed by atoms with E-state index in [1.807, 2.05) is 0 Å². The van der Waals surface area contributed by atoms with Crippen LogP contribution in [0.3, 0.4) is 0 Å². The molecule has 3 rings (SSSR count). The highest BCUT2D eigenvalue weighted by molar-refractivity contribution is 7.94. The van der Waals surface area contributed by atoms with Gasteiger partial charge in [-0.05, 0) is 30.3 Å². The molecule has 1 amide bonds. The lowest BCUT2D eigenvalue weighted by atomic mass is 10.1. The van der Waals surface area contributed by atoms with Crippen molar-refractivity contribution in [1.29, 1.82) is 0 Å². The van der Waals surface area contributed by atoms with Crippen LogP contribution in [-0.4, -0.2) is 31.0 Å². The van der Waals surface area contributed by atoms with E-state index in [0.717, 1.165) is 5.41 Å². The lowest BCUT2D eigenvalue weighted by Gasteiger charge is -2.27. The first kappa shape index (κ1) is 16.8. The van der Waals surface area contributed by atoms with E-state index in [9.17, 15) is 23.3 Å². The van der Waals surface area contributed by atoms with Crippen molar-refractivity contribution in [3.8, 4) is 0 Å². The van der Waals surface area contributed by atoms with Gasteiger partial charge in [-0.25, -0.2) is 8.42 Å². The second kappa shape index (κ2) is 6.48. The quantitative estimate of drug-likeness (QED) is 0.618. The molecular formula is C17H14N2O5S. The van der Waals surface area contributed by atoms with Gasteiger partial charge in [0.1, 0.15) is 0 Å². The molecule has 0 aromatic heterocycles. The number of hydrogen-bond acceptors (Lipinski definition) is 5. The molecule has 0 radical (unpaired) electrons. The highest BCUT2D eigenvalue weighted by atomic mass is 32.2. The maximum Gasteiger partial charge on any atom is 0.269 e. The molecule has 0 spiro atoms. The fraction of sp³-hybridized carbons (Fsp3) is 0.118. The first-order valence-corrected chi connectivity index (χ1v) is 9.13. The van der Waals surface area contributed by atoms with Crippen molar-refractivity contribution < 1.29 is 18.1 Å². The Balaban J connectivity index is 1.98. The first-order chi connectivity index (χ1) is 11.9. The highest BCUT2D eigenvalue weighted by Gasteiger charge is 2.32. The predicted molar refractivity (Wildman–Crippen MR) is 93.1 cm³/mol. The van der Waals surface area contributed by atoms with E-state index < -0.39 is 26.7 Å². The van der Waals surface area contributed by atoms with Gasteiger partial charge >= 0.3 is 0 Å². The molecule has 0 fully saturated rings. The van der Waals surface area contributed by atoms with Crippen LogP contribution in [0.15, 0.2) is 66.1 Å². The number of hydrogen-bond donors (Lipinski definition) is 0. The summed E-state index contributed by atoms with van der Waals surface area (Å²) < 4.78 is 23.5. The molecule has 1 heterocycles. The smallest absolute Gasteiger partial charge is 0.269 e. The molecule has 1 aliphatic rings. The summed E-state index contributed by atoms with van der Waals surface area (Å²) in [6.45, 7) is 0. The number of anilines is 1. The monoisotopic (exact) mass is 358 g/mol. The van der Waals surface area contributed by atoms with E-state index in [2.05, 4.69) is 0 Å². The normalized spacial score (nSPS) is 18.0. The summed E-state index contributed by atoms with van der Waals surface area (Å²) in [5.74, 6) is -0.617. The predicted octanol–water partition coefficient (Wildman–Crippen LogP) is 2.55. The van der Waals surface area contributed by atoms with Crippen molar-refractivity contribution in [2.24, 2.45) is 0 Å². The van der Waals surface area contributed by atoms with Crippen LogP contribution in [0, 0.1) is 10.1 Å². The third-order valence-electron chi connectivity index (χ3n) is 3.82. The number of nitro groups is 1. The average molecular weight is 358 g/mol. The Morgan fingerprint density at radius 2 is 1.72 bits per heavy atom. The molecule has 0 aliphatic carbocycles. The SMILES string of the molecule is O=C(c1ccc([N+](=O)[O-])cc1)N(c1ccccc1)[C@H]1C=CS(=O)(=O)C1. The van der Waals surface area contributed by atoms with Crippen molar-refractivity contribution >= 4 is 27.1 Å². The fourth-order valence-corrected chi connectivity index (χ4v) is 3.90. The Hall–Kier alpha value is -3.00. The summed E-state index contributed by atoms with van der Waals surface area (Å²) in [5.41, 5.74) is 0.677. The van der Waals surface area contributed by atoms with Crippen LogP contribution < -0.4 is 4.90 Å². The number of para-hydroxylation sites is 1. The van der Waals surface area contributed by atoms with Crippen LogP contribution in [0.4, 0.5) is 11.4 Å². The van der Waals surface area contributed by atoms with Gasteiger partial charge in [0.25, 0.3) is 11.6 Å². The van der Waals surface area contributed by atoms with Gasteiger partial charge in [-0.3, -0.25) is 14.9 Å². The molecule has 0 saturated carbocycles. The maximum absolute atomic E-state index is 13.0. The maximum atomic E-state index is 13.0. The number of carbonyl (C=O) groups is 1. The number of rotatable bonds is 4. The van der Waals surface area contributed by atoms with Crippen LogP contribution in [0.2, 0.25) is 0 Å². The van der Waals surface area contributed by atoms with Crippen LogP contribution in [0.25, 0.3) is 0 Å². The molecule has 1 atom stereocenters. The molecule has 25 heavy (non-hydrogen) atoms. The molecular weight excluding hydrogens is 344 g/mol. The zero-order valence-electron chi connectivity index (χ0n) is 13.0. The Morgan fingerprint density at radius 1 is 1.08 bits per heavy atom. The van der Waals surface area contributed by atoms with E-state index in [-0.39, 0.29) is 17.0 Å². The van der Waals surface area contributed by atoms with E-state index in [1.54, 1.807) is 30.3 Å². The molecule has 0 bridgehead atoms. The first-order valence-electron chi connectivity index (χ1n) is 7.41. The number of nitro benzene ring substituents is 1. The van der Waals surface area contributed by atoms with Crippen LogP contribution >= 0.6 is 0 Å². The summed E-state index contributed by atoms with van der Waals surface area (Å²) in [4.78, 5) is 24.5. The van der Waals surface area contributed by atoms with Crippen LogP contribution in [-0.2, 0) is 9.84 Å². The summed E-state index contributed by atoms with van der Waals surface area (Å²) in [6.07, 6.45) is 1.48. The fourth-order valence-electron chi connectivity index (χ4n) is 2.63. The minimum atomic E-state index is -3.35. The summed E-state index contributed by atoms with van der Waals surface area (Å²) in [6, 6.07) is 13.3. The number of non-ortho nitro benzene ring substituents is 1. The van der Waals surface area contributed by atoms with Gasteiger partial charge in [0.15, 0.2) is 9.84 Å². The number of nitrogens with zero attached hydrogens (tertiary/aromatic N) is 2. The van der Waals surface area contributed by atoms with E-state index in [0.29, 0.717) is 5.69 Å². The minimum Gasteiger partial charge on any atom is -0.300 e. The lowest BCUT2D eigenvalue weighted by Crippen LogP contribution is -2.41. The van der Waals surface area contributed by atoms with Crippen molar-refractivity contribution in [2.45, 2.75) is 6.04 Å². The lowest BCUT2D eigenvalue weighted by molar-refractivity contribution is -0.384.